The highest BCUT2D eigenvalue weighted by atomic mass is 16.5. The molecule has 98 valence electrons. The van der Waals surface area contributed by atoms with Crippen molar-refractivity contribution in [2.24, 2.45) is 10.4 Å². The maximum atomic E-state index is 6.01. The summed E-state index contributed by atoms with van der Waals surface area (Å²) in [5, 5.41) is 3.45. The lowest BCUT2D eigenvalue weighted by molar-refractivity contribution is 0.139. The number of allylic oxidation sites excluding steroid dienone is 5. The molecular weight excluding hydrogens is 236 g/mol. The summed E-state index contributed by atoms with van der Waals surface area (Å²) in [4.78, 5) is 4.58. The first-order valence-electron chi connectivity index (χ1n) is 7.07. The van der Waals surface area contributed by atoms with Crippen molar-refractivity contribution in [2.75, 3.05) is 19.7 Å². The molecule has 3 aliphatic heterocycles. The Bertz CT molecular complexity index is 557. The summed E-state index contributed by atoms with van der Waals surface area (Å²) in [6.07, 6.45) is 13.6. The molecule has 1 aliphatic carbocycles. The minimum absolute atomic E-state index is 0.269. The molecule has 0 saturated carbocycles. The lowest BCUT2D eigenvalue weighted by atomic mass is 9.71. The molecule has 3 heteroatoms. The van der Waals surface area contributed by atoms with Gasteiger partial charge in [-0.3, -0.25) is 4.99 Å². The van der Waals surface area contributed by atoms with Crippen LogP contribution in [-0.4, -0.2) is 25.4 Å². The zero-order valence-corrected chi connectivity index (χ0v) is 11.0. The second kappa shape index (κ2) is 4.20. The number of hydrogen-bond acceptors (Lipinski definition) is 3. The zero-order chi connectivity index (χ0) is 12.7. The van der Waals surface area contributed by atoms with Gasteiger partial charge in [-0.05, 0) is 49.2 Å². The predicted octanol–water partition coefficient (Wildman–Crippen LogP) is 2.50. The van der Waals surface area contributed by atoms with Gasteiger partial charge in [0.1, 0.15) is 5.76 Å². The van der Waals surface area contributed by atoms with Gasteiger partial charge in [-0.25, -0.2) is 0 Å². The van der Waals surface area contributed by atoms with Crippen LogP contribution in [0.4, 0.5) is 0 Å². The maximum Gasteiger partial charge on any atom is 0.120 e. The minimum Gasteiger partial charge on any atom is -0.493 e. The average molecular weight is 254 g/mol. The van der Waals surface area contributed by atoms with E-state index in [1.807, 2.05) is 18.4 Å². The molecule has 19 heavy (non-hydrogen) atoms. The second-order valence-corrected chi connectivity index (χ2v) is 5.71. The fourth-order valence-electron chi connectivity index (χ4n) is 3.51. The van der Waals surface area contributed by atoms with Crippen LogP contribution < -0.4 is 5.32 Å². The quantitative estimate of drug-likeness (QED) is 0.720. The number of piperidine rings is 1. The van der Waals surface area contributed by atoms with E-state index in [4.69, 9.17) is 4.74 Å². The van der Waals surface area contributed by atoms with Crippen molar-refractivity contribution in [3.05, 3.63) is 47.4 Å². The summed E-state index contributed by atoms with van der Waals surface area (Å²) in [6.45, 7) is 3.06. The molecule has 1 N–H and O–H groups in total. The Labute approximate surface area is 113 Å². The van der Waals surface area contributed by atoms with Gasteiger partial charge in [-0.1, -0.05) is 12.2 Å². The van der Waals surface area contributed by atoms with E-state index in [1.165, 1.54) is 29.7 Å². The van der Waals surface area contributed by atoms with Crippen LogP contribution in [0.5, 0.6) is 0 Å². The van der Waals surface area contributed by atoms with Gasteiger partial charge >= 0.3 is 0 Å². The van der Waals surface area contributed by atoms with Gasteiger partial charge in [0, 0.05) is 18.0 Å². The Balaban J connectivity index is 1.75. The van der Waals surface area contributed by atoms with E-state index in [-0.39, 0.29) is 5.41 Å². The standard InChI is InChI=1S/C16H18N2O/c1-2-6-18-14-10-13-15(9-12(14)3-1)19-11-16(13)4-7-17-8-5-16/h1-3,6,9,17H,4-5,7-8,10-11H2. The van der Waals surface area contributed by atoms with Crippen molar-refractivity contribution in [3.8, 4) is 0 Å². The highest BCUT2D eigenvalue weighted by molar-refractivity contribution is 6.06. The molecule has 4 rings (SSSR count). The number of hydrogen-bond donors (Lipinski definition) is 1. The van der Waals surface area contributed by atoms with Crippen molar-refractivity contribution in [3.63, 3.8) is 0 Å². The van der Waals surface area contributed by atoms with E-state index in [0.29, 0.717) is 0 Å². The SMILES string of the molecule is C1=CN=C2CC3=C(C=C2C=C1)OCC31CCNCC1. The Kier molecular flexibility index (Phi) is 2.49. The Morgan fingerprint density at radius 2 is 2.11 bits per heavy atom. The van der Waals surface area contributed by atoms with Crippen LogP contribution >= 0.6 is 0 Å². The first-order valence-corrected chi connectivity index (χ1v) is 7.07. The molecule has 1 saturated heterocycles. The van der Waals surface area contributed by atoms with Gasteiger partial charge in [0.25, 0.3) is 0 Å². The summed E-state index contributed by atoms with van der Waals surface area (Å²) in [6, 6.07) is 0. The number of fused-ring (bicyclic) bond motifs is 2. The molecule has 3 nitrogen and oxygen atoms in total. The van der Waals surface area contributed by atoms with E-state index >= 15 is 0 Å². The van der Waals surface area contributed by atoms with Crippen molar-refractivity contribution in [1.29, 1.82) is 0 Å². The summed E-state index contributed by atoms with van der Waals surface area (Å²) in [5.41, 5.74) is 4.15. The molecule has 1 fully saturated rings. The fraction of sp³-hybridized carbons (Fsp3) is 0.438. The van der Waals surface area contributed by atoms with Gasteiger partial charge in [0.05, 0.1) is 12.3 Å². The largest absolute Gasteiger partial charge is 0.493 e. The van der Waals surface area contributed by atoms with Crippen molar-refractivity contribution < 1.29 is 4.74 Å². The number of nitrogens with one attached hydrogen (secondary N) is 1. The van der Waals surface area contributed by atoms with Crippen LogP contribution in [-0.2, 0) is 4.74 Å². The maximum absolute atomic E-state index is 6.01. The third kappa shape index (κ3) is 1.72. The van der Waals surface area contributed by atoms with Gasteiger partial charge < -0.3 is 10.1 Å². The first-order chi connectivity index (χ1) is 9.37. The molecule has 1 spiro atoms. The number of nitrogens with zero attached hydrogens (tertiary/aromatic N) is 1. The van der Waals surface area contributed by atoms with E-state index in [9.17, 15) is 0 Å². The summed E-state index contributed by atoms with van der Waals surface area (Å²) < 4.78 is 6.01. The molecule has 0 atom stereocenters. The molecule has 0 aromatic carbocycles. The third-order valence-corrected chi connectivity index (χ3v) is 4.67. The average Bonchev–Trinajstić information content (AvgIpc) is 2.65. The predicted molar refractivity (Wildman–Crippen MR) is 75.9 cm³/mol. The normalized spacial score (nSPS) is 27.4. The van der Waals surface area contributed by atoms with Crippen LogP contribution in [0.1, 0.15) is 19.3 Å². The lowest BCUT2D eigenvalue weighted by Crippen LogP contribution is -2.39. The topological polar surface area (TPSA) is 33.6 Å². The minimum atomic E-state index is 0.269. The molecule has 0 bridgehead atoms. The van der Waals surface area contributed by atoms with E-state index < -0.39 is 0 Å². The molecule has 3 heterocycles. The molecule has 0 aromatic heterocycles. The number of ether oxygens (including phenoxy) is 1. The van der Waals surface area contributed by atoms with Crippen LogP contribution in [0, 0.1) is 5.41 Å². The molecule has 0 aromatic rings. The highest BCUT2D eigenvalue weighted by Crippen LogP contribution is 2.48. The van der Waals surface area contributed by atoms with E-state index in [0.717, 1.165) is 31.9 Å². The molecule has 0 amide bonds. The first kappa shape index (κ1) is 11.2. The number of rotatable bonds is 0. The van der Waals surface area contributed by atoms with Crippen molar-refractivity contribution >= 4 is 5.71 Å². The van der Waals surface area contributed by atoms with Gasteiger partial charge in [-0.2, -0.15) is 0 Å². The lowest BCUT2D eigenvalue weighted by Gasteiger charge is -2.35. The van der Waals surface area contributed by atoms with E-state index in [1.54, 1.807) is 0 Å². The van der Waals surface area contributed by atoms with Crippen molar-refractivity contribution in [1.82, 2.24) is 5.32 Å². The van der Waals surface area contributed by atoms with Crippen LogP contribution in [0.15, 0.2) is 52.4 Å². The van der Waals surface area contributed by atoms with Crippen LogP contribution in [0.3, 0.4) is 0 Å². The number of aliphatic imine (C=N–C) groups is 1. The van der Waals surface area contributed by atoms with Gasteiger partial charge in [0.15, 0.2) is 0 Å². The van der Waals surface area contributed by atoms with Gasteiger partial charge in [-0.15, -0.1) is 0 Å². The van der Waals surface area contributed by atoms with Crippen LogP contribution in [0.25, 0.3) is 0 Å². The summed E-state index contributed by atoms with van der Waals surface area (Å²) >= 11 is 0. The van der Waals surface area contributed by atoms with Crippen molar-refractivity contribution in [2.45, 2.75) is 19.3 Å². The Hall–Kier alpha value is -1.61. The molecule has 4 aliphatic rings. The zero-order valence-electron chi connectivity index (χ0n) is 11.0. The van der Waals surface area contributed by atoms with Gasteiger partial charge in [0.2, 0.25) is 0 Å². The smallest absolute Gasteiger partial charge is 0.120 e. The molecule has 0 radical (unpaired) electrons. The Morgan fingerprint density at radius 1 is 1.21 bits per heavy atom. The molecule has 0 unspecified atom stereocenters. The highest BCUT2D eigenvalue weighted by Gasteiger charge is 2.44. The third-order valence-electron chi connectivity index (χ3n) is 4.67. The summed E-state index contributed by atoms with van der Waals surface area (Å²) in [5.74, 6) is 1.11. The molecular formula is C16H18N2O. The fourth-order valence-corrected chi connectivity index (χ4v) is 3.51. The summed E-state index contributed by atoms with van der Waals surface area (Å²) in [7, 11) is 0. The van der Waals surface area contributed by atoms with Crippen LogP contribution in [0.2, 0.25) is 0 Å². The second-order valence-electron chi connectivity index (χ2n) is 5.71. The van der Waals surface area contributed by atoms with E-state index in [2.05, 4.69) is 22.5 Å². The monoisotopic (exact) mass is 254 g/mol. The Morgan fingerprint density at radius 3 is 3.00 bits per heavy atom.